The Morgan fingerprint density at radius 2 is 2.15 bits per heavy atom. The number of guanidine groups is 1. The van der Waals surface area contributed by atoms with E-state index in [2.05, 4.69) is 45.6 Å². The highest BCUT2D eigenvalue weighted by Crippen LogP contribution is 2.31. The number of nitrogens with one attached hydrogen (secondary N) is 2. The number of rotatable bonds is 7. The number of likely N-dealkylation sites (tertiary alicyclic amines) is 1. The van der Waals surface area contributed by atoms with E-state index in [0.717, 1.165) is 30.0 Å². The highest BCUT2D eigenvalue weighted by molar-refractivity contribution is 7.19. The van der Waals surface area contributed by atoms with E-state index in [1.54, 1.807) is 11.3 Å². The number of hydrogen-bond acceptors (Lipinski definition) is 4. The number of aliphatic imine (C=N–C) groups is 1. The van der Waals surface area contributed by atoms with E-state index in [9.17, 15) is 5.11 Å². The molecule has 27 heavy (non-hydrogen) atoms. The van der Waals surface area contributed by atoms with Crippen LogP contribution in [0.3, 0.4) is 0 Å². The van der Waals surface area contributed by atoms with Gasteiger partial charge in [-0.2, -0.15) is 0 Å². The lowest BCUT2D eigenvalue weighted by molar-refractivity contribution is 0.191. The molecule has 4 rings (SSSR count). The van der Waals surface area contributed by atoms with E-state index < -0.39 is 6.10 Å². The highest BCUT2D eigenvalue weighted by Gasteiger charge is 2.34. The van der Waals surface area contributed by atoms with E-state index in [4.69, 9.17) is 0 Å². The molecular formula is C21H30N4OS. The van der Waals surface area contributed by atoms with Gasteiger partial charge in [0, 0.05) is 35.3 Å². The van der Waals surface area contributed by atoms with E-state index in [1.165, 1.54) is 42.4 Å². The summed E-state index contributed by atoms with van der Waals surface area (Å²) in [5.41, 5.74) is 0. The molecule has 1 saturated heterocycles. The smallest absolute Gasteiger partial charge is 0.191 e. The van der Waals surface area contributed by atoms with Crippen LogP contribution in [0.4, 0.5) is 0 Å². The second-order valence-electron chi connectivity index (χ2n) is 7.68. The van der Waals surface area contributed by atoms with Crippen molar-refractivity contribution in [2.24, 2.45) is 10.9 Å². The normalized spacial score (nSPS) is 22.3. The second kappa shape index (κ2) is 8.59. The molecule has 2 atom stereocenters. The van der Waals surface area contributed by atoms with Gasteiger partial charge in [-0.05, 0) is 56.2 Å². The summed E-state index contributed by atoms with van der Waals surface area (Å²) in [5, 5.41) is 18.5. The predicted molar refractivity (Wildman–Crippen MR) is 113 cm³/mol. The summed E-state index contributed by atoms with van der Waals surface area (Å²) in [6.07, 6.45) is 3.49. The molecule has 2 heterocycles. The minimum atomic E-state index is -0.560. The van der Waals surface area contributed by atoms with Crippen molar-refractivity contribution in [1.29, 1.82) is 0 Å². The third-order valence-electron chi connectivity index (χ3n) is 5.48. The topological polar surface area (TPSA) is 59.9 Å². The van der Waals surface area contributed by atoms with Crippen LogP contribution in [0.5, 0.6) is 0 Å². The minimum absolute atomic E-state index is 0.376. The van der Waals surface area contributed by atoms with Crippen molar-refractivity contribution in [3.05, 3.63) is 35.2 Å². The van der Waals surface area contributed by atoms with Crippen molar-refractivity contribution >= 4 is 27.4 Å². The van der Waals surface area contributed by atoms with E-state index in [0.29, 0.717) is 12.5 Å². The summed E-state index contributed by atoms with van der Waals surface area (Å²) in [6, 6.07) is 11.2. The highest BCUT2D eigenvalue weighted by atomic mass is 32.1. The lowest BCUT2D eigenvalue weighted by atomic mass is 10.1. The number of fused-ring (bicyclic) bond motifs is 1. The summed E-state index contributed by atoms with van der Waals surface area (Å²) >= 11 is 1.65. The molecule has 3 N–H and O–H groups in total. The maximum atomic E-state index is 10.6. The van der Waals surface area contributed by atoms with Gasteiger partial charge in [-0.1, -0.05) is 18.2 Å². The zero-order chi connectivity index (χ0) is 18.6. The van der Waals surface area contributed by atoms with E-state index >= 15 is 0 Å². The number of benzene rings is 1. The van der Waals surface area contributed by atoms with Crippen molar-refractivity contribution in [3.8, 4) is 0 Å². The van der Waals surface area contributed by atoms with E-state index in [1.807, 2.05) is 12.1 Å². The van der Waals surface area contributed by atoms with Crippen molar-refractivity contribution in [2.45, 2.75) is 38.3 Å². The Labute approximate surface area is 165 Å². The molecule has 2 fully saturated rings. The monoisotopic (exact) mass is 386 g/mol. The Morgan fingerprint density at radius 3 is 2.93 bits per heavy atom. The van der Waals surface area contributed by atoms with Gasteiger partial charge in [-0.3, -0.25) is 4.99 Å². The maximum absolute atomic E-state index is 10.6. The molecule has 0 amide bonds. The van der Waals surface area contributed by atoms with Gasteiger partial charge in [0.25, 0.3) is 0 Å². The molecule has 6 heteroatoms. The summed E-state index contributed by atoms with van der Waals surface area (Å²) in [7, 11) is 0. The number of nitrogens with zero attached hydrogens (tertiary/aromatic N) is 2. The van der Waals surface area contributed by atoms with Crippen LogP contribution in [0.15, 0.2) is 35.3 Å². The molecule has 146 valence electrons. The average Bonchev–Trinajstić information content (AvgIpc) is 3.26. The van der Waals surface area contributed by atoms with Gasteiger partial charge in [-0.25, -0.2) is 0 Å². The van der Waals surface area contributed by atoms with Crippen molar-refractivity contribution in [1.82, 2.24) is 15.5 Å². The third-order valence-corrected chi connectivity index (χ3v) is 6.70. The summed E-state index contributed by atoms with van der Waals surface area (Å²) < 4.78 is 1.21. The molecule has 2 aromatic rings. The standard InChI is InChI=1S/C21H30N4OS/c1-2-22-21(23-12-15-9-10-25(14-15)17-7-8-17)24-13-18(26)20-11-16-5-3-4-6-19(16)27-20/h3-6,11,15,17-18,26H,2,7-10,12-14H2,1H3,(H2,22,23,24). The van der Waals surface area contributed by atoms with Crippen LogP contribution in [0.2, 0.25) is 0 Å². The molecule has 1 saturated carbocycles. The fourth-order valence-corrected chi connectivity index (χ4v) is 4.86. The number of thiophene rings is 1. The van der Waals surface area contributed by atoms with Gasteiger partial charge in [0.15, 0.2) is 5.96 Å². The molecular weight excluding hydrogens is 356 g/mol. The van der Waals surface area contributed by atoms with E-state index in [-0.39, 0.29) is 0 Å². The van der Waals surface area contributed by atoms with Crippen LogP contribution in [-0.4, -0.2) is 54.7 Å². The van der Waals surface area contributed by atoms with Crippen LogP contribution in [-0.2, 0) is 0 Å². The zero-order valence-corrected chi connectivity index (χ0v) is 16.8. The minimum Gasteiger partial charge on any atom is -0.386 e. The summed E-state index contributed by atoms with van der Waals surface area (Å²) in [6.45, 7) is 6.68. The Hall–Kier alpha value is -1.63. The summed E-state index contributed by atoms with van der Waals surface area (Å²) in [4.78, 5) is 8.24. The zero-order valence-electron chi connectivity index (χ0n) is 16.0. The van der Waals surface area contributed by atoms with Crippen LogP contribution in [0, 0.1) is 5.92 Å². The van der Waals surface area contributed by atoms with Crippen LogP contribution < -0.4 is 10.6 Å². The Morgan fingerprint density at radius 1 is 1.30 bits per heavy atom. The molecule has 1 aliphatic heterocycles. The maximum Gasteiger partial charge on any atom is 0.191 e. The number of aliphatic hydroxyl groups excluding tert-OH is 1. The molecule has 1 aromatic heterocycles. The SMILES string of the molecule is CCNC(=NCC(O)c1cc2ccccc2s1)NCC1CCN(C2CC2)C1. The first-order valence-corrected chi connectivity index (χ1v) is 11.0. The molecule has 2 unspecified atom stereocenters. The lowest BCUT2D eigenvalue weighted by Gasteiger charge is -2.17. The van der Waals surface area contributed by atoms with Gasteiger partial charge in [-0.15, -0.1) is 11.3 Å². The van der Waals surface area contributed by atoms with Gasteiger partial charge >= 0.3 is 0 Å². The van der Waals surface area contributed by atoms with Gasteiger partial charge < -0.3 is 20.6 Å². The third kappa shape index (κ3) is 4.81. The Balaban J connectivity index is 1.31. The van der Waals surface area contributed by atoms with Gasteiger partial charge in [0.05, 0.1) is 6.54 Å². The first-order valence-electron chi connectivity index (χ1n) is 10.2. The quantitative estimate of drug-likeness (QED) is 0.506. The number of aliphatic hydroxyl groups is 1. The Kier molecular flexibility index (Phi) is 5.95. The fraction of sp³-hybridized carbons (Fsp3) is 0.571. The number of hydrogen-bond donors (Lipinski definition) is 3. The molecule has 0 bridgehead atoms. The van der Waals surface area contributed by atoms with Crippen LogP contribution in [0.1, 0.15) is 37.2 Å². The van der Waals surface area contributed by atoms with Crippen molar-refractivity contribution in [3.63, 3.8) is 0 Å². The molecule has 2 aliphatic rings. The average molecular weight is 387 g/mol. The summed E-state index contributed by atoms with van der Waals surface area (Å²) in [5.74, 6) is 1.50. The molecule has 1 aliphatic carbocycles. The lowest BCUT2D eigenvalue weighted by Crippen LogP contribution is -2.40. The van der Waals surface area contributed by atoms with Crippen molar-refractivity contribution < 1.29 is 5.11 Å². The largest absolute Gasteiger partial charge is 0.386 e. The van der Waals surface area contributed by atoms with Gasteiger partial charge in [0.2, 0.25) is 0 Å². The van der Waals surface area contributed by atoms with Gasteiger partial charge in [0.1, 0.15) is 6.10 Å². The van der Waals surface area contributed by atoms with Crippen LogP contribution in [0.25, 0.3) is 10.1 Å². The molecule has 5 nitrogen and oxygen atoms in total. The molecule has 0 radical (unpaired) electrons. The Bertz CT molecular complexity index is 752. The first kappa shape index (κ1) is 18.7. The molecule has 1 aromatic carbocycles. The van der Waals surface area contributed by atoms with Crippen LogP contribution >= 0.6 is 11.3 Å². The molecule has 0 spiro atoms. The first-order chi connectivity index (χ1) is 13.2. The predicted octanol–water partition coefficient (Wildman–Crippen LogP) is 2.97. The van der Waals surface area contributed by atoms with Crippen molar-refractivity contribution in [2.75, 3.05) is 32.7 Å². The second-order valence-corrected chi connectivity index (χ2v) is 8.80. The fourth-order valence-electron chi connectivity index (χ4n) is 3.82.